The van der Waals surface area contributed by atoms with E-state index >= 15 is 0 Å². The van der Waals surface area contributed by atoms with Crippen LogP contribution in [0.5, 0.6) is 5.75 Å². The molecule has 1 saturated carbocycles. The van der Waals surface area contributed by atoms with Crippen LogP contribution in [0.3, 0.4) is 0 Å². The minimum absolute atomic E-state index is 0.0289. The summed E-state index contributed by atoms with van der Waals surface area (Å²) in [5.41, 5.74) is 14.2. The lowest BCUT2D eigenvalue weighted by Gasteiger charge is -2.36. The molecule has 0 spiro atoms. The fourth-order valence-electron chi connectivity index (χ4n) is 7.50. The number of hydrogen-bond acceptors (Lipinski definition) is 13. The number of ether oxygens (including phenoxy) is 5. The lowest BCUT2D eigenvalue weighted by atomic mass is 9.87. The van der Waals surface area contributed by atoms with Gasteiger partial charge in [-0.3, -0.25) is 14.4 Å². The maximum Gasteiger partial charge on any atom is 0.332 e. The van der Waals surface area contributed by atoms with Crippen molar-refractivity contribution < 1.29 is 53.1 Å². The smallest absolute Gasteiger partial charge is 0.332 e. The van der Waals surface area contributed by atoms with Gasteiger partial charge in [-0.15, -0.1) is 0 Å². The van der Waals surface area contributed by atoms with Gasteiger partial charge in [-0.1, -0.05) is 32.6 Å². The Morgan fingerprint density at radius 2 is 1.52 bits per heavy atom. The number of nitrogens with one attached hydrogen (secondary N) is 2. The Hall–Kier alpha value is -4.00. The van der Waals surface area contributed by atoms with Gasteiger partial charge in [0.25, 0.3) is 5.91 Å². The number of aliphatic hydroxyl groups is 1. The first kappa shape index (κ1) is 53.1. The van der Waals surface area contributed by atoms with Crippen LogP contribution in [0.15, 0.2) is 24.0 Å². The van der Waals surface area contributed by atoms with Gasteiger partial charge in [-0.25, -0.2) is 10.6 Å². The number of hydrogen-bond donors (Lipinski definition) is 7. The van der Waals surface area contributed by atoms with Crippen molar-refractivity contribution in [3.05, 3.63) is 40.7 Å². The number of carboxylic acid groups (broad SMARTS) is 1. The monoisotopic (exact) mass is 865 g/mol. The number of aliphatic carboxylic acids is 1. The third-order valence-electron chi connectivity index (χ3n) is 10.8. The Kier molecular flexibility index (Phi) is 26.9. The molecule has 1 aromatic rings. The van der Waals surface area contributed by atoms with Gasteiger partial charge < -0.3 is 61.0 Å². The number of carboxylic acids is 1. The number of carbonyl (C=O) groups is 4. The maximum atomic E-state index is 13.0. The van der Waals surface area contributed by atoms with Crippen molar-refractivity contribution in [1.82, 2.24) is 15.6 Å². The number of unbranched alkanes of at least 4 members (excludes halogenated alkanes) is 1. The van der Waals surface area contributed by atoms with Gasteiger partial charge >= 0.3 is 5.97 Å². The second-order valence-corrected chi connectivity index (χ2v) is 15.8. The number of aryl methyl sites for hydroxylation is 2. The molecule has 17 heteroatoms. The Bertz CT molecular complexity index is 1450. The standard InChI is InChI=1S/C37H61N5O8.C6H11NO2.CH4O/c1-4-5-17-47-18-10-19-48-20-21-49-35-26(2)22-29(23-27(35)3)36(44)40-16-9-13-32-31(14-15-33(50-32)37(45)46)41-34(43)25-42(39)24-30(38)28-11-7-6-8-12-28;7-6(8)5-2-1-3-9-4-5;1-2/h22-24,28,31-33H,4-21,25,38-39H2,1-3H3,(H,40,44)(H,41,43)(H,45,46);5H,1-4H2,(H2,7,8);2H,1H3/b30-24-;;. The number of nitrogens with two attached hydrogens (primary N) is 3. The number of nitrogens with zero attached hydrogens (tertiary/aromatic N) is 1. The molecule has 2 saturated heterocycles. The first-order valence-corrected chi connectivity index (χ1v) is 22.0. The lowest BCUT2D eigenvalue weighted by molar-refractivity contribution is -0.162. The first-order valence-electron chi connectivity index (χ1n) is 22.0. The third-order valence-corrected chi connectivity index (χ3v) is 10.8. The highest BCUT2D eigenvalue weighted by molar-refractivity contribution is 5.94. The molecule has 4 rings (SSSR count). The summed E-state index contributed by atoms with van der Waals surface area (Å²) < 4.78 is 28.1. The second-order valence-electron chi connectivity index (χ2n) is 15.8. The predicted molar refractivity (Wildman–Crippen MR) is 232 cm³/mol. The van der Waals surface area contributed by atoms with Crippen LogP contribution in [-0.4, -0.2) is 124 Å². The molecular formula is C44H76N6O11. The van der Waals surface area contributed by atoms with Crippen molar-refractivity contribution in [2.75, 3.05) is 66.4 Å². The molecule has 0 aromatic heterocycles. The average Bonchev–Trinajstić information content (AvgIpc) is 3.25. The molecule has 4 atom stereocenters. The van der Waals surface area contributed by atoms with Crippen LogP contribution in [-0.2, 0) is 33.3 Å². The van der Waals surface area contributed by atoms with Crippen molar-refractivity contribution in [1.29, 1.82) is 0 Å². The van der Waals surface area contributed by atoms with Crippen molar-refractivity contribution in [3.8, 4) is 5.75 Å². The van der Waals surface area contributed by atoms with Gasteiger partial charge in [0.05, 0.1) is 31.3 Å². The molecule has 1 aromatic carbocycles. The fraction of sp³-hybridized carbons (Fsp3) is 0.727. The van der Waals surface area contributed by atoms with Crippen molar-refractivity contribution in [2.24, 2.45) is 29.1 Å². The van der Waals surface area contributed by atoms with E-state index in [1.54, 1.807) is 18.3 Å². The topological polar surface area (TPSA) is 260 Å². The number of primary amides is 1. The van der Waals surface area contributed by atoms with E-state index in [1.165, 1.54) is 11.4 Å². The van der Waals surface area contributed by atoms with Crippen molar-refractivity contribution >= 4 is 23.7 Å². The zero-order valence-electron chi connectivity index (χ0n) is 37.1. The summed E-state index contributed by atoms with van der Waals surface area (Å²) >= 11 is 0. The quantitative estimate of drug-likeness (QED) is 0.0472. The zero-order chi connectivity index (χ0) is 45.0. The third kappa shape index (κ3) is 21.1. The van der Waals surface area contributed by atoms with Crippen LogP contribution >= 0.6 is 0 Å². The normalized spacial score (nSPS) is 20.5. The Morgan fingerprint density at radius 1 is 0.869 bits per heavy atom. The van der Waals surface area contributed by atoms with E-state index in [1.807, 2.05) is 13.8 Å². The summed E-state index contributed by atoms with van der Waals surface area (Å²) in [7, 11) is 1.00. The van der Waals surface area contributed by atoms with E-state index < -0.39 is 18.2 Å². The molecule has 61 heavy (non-hydrogen) atoms. The van der Waals surface area contributed by atoms with E-state index in [9.17, 15) is 24.3 Å². The number of rotatable bonds is 23. The summed E-state index contributed by atoms with van der Waals surface area (Å²) in [6, 6.07) is 3.23. The van der Waals surface area contributed by atoms with Gasteiger partial charge in [0.1, 0.15) is 18.9 Å². The molecule has 3 amide bonds. The molecule has 348 valence electrons. The molecule has 0 radical (unpaired) electrons. The summed E-state index contributed by atoms with van der Waals surface area (Å²) in [6.07, 6.45) is 12.4. The number of benzene rings is 1. The second kappa shape index (κ2) is 30.9. The lowest BCUT2D eigenvalue weighted by Crippen LogP contribution is -2.53. The van der Waals surface area contributed by atoms with Gasteiger partial charge in [0.2, 0.25) is 11.8 Å². The highest BCUT2D eigenvalue weighted by Gasteiger charge is 2.35. The number of hydrazine groups is 1. The van der Waals surface area contributed by atoms with Crippen LogP contribution < -0.4 is 32.7 Å². The minimum Gasteiger partial charge on any atom is -0.491 e. The average molecular weight is 865 g/mol. The molecule has 17 nitrogen and oxygen atoms in total. The van der Waals surface area contributed by atoms with Crippen LogP contribution in [0.2, 0.25) is 0 Å². The predicted octanol–water partition coefficient (Wildman–Crippen LogP) is 3.60. The summed E-state index contributed by atoms with van der Waals surface area (Å²) in [5, 5.41) is 23.8. The van der Waals surface area contributed by atoms with Crippen molar-refractivity contribution in [2.45, 2.75) is 129 Å². The molecule has 3 fully saturated rings. The molecule has 10 N–H and O–H groups in total. The molecular weight excluding hydrogens is 789 g/mol. The van der Waals surface area contributed by atoms with Gasteiger partial charge in [-0.05, 0) is 107 Å². The number of amides is 3. The van der Waals surface area contributed by atoms with Crippen LogP contribution in [0.25, 0.3) is 0 Å². The largest absolute Gasteiger partial charge is 0.491 e. The van der Waals surface area contributed by atoms with E-state index in [4.69, 9.17) is 46.1 Å². The summed E-state index contributed by atoms with van der Waals surface area (Å²) in [6.45, 7) is 10.5. The molecule has 3 aliphatic rings. The zero-order valence-corrected chi connectivity index (χ0v) is 37.1. The molecule has 4 unspecified atom stereocenters. The van der Waals surface area contributed by atoms with Crippen LogP contribution in [0.4, 0.5) is 0 Å². The van der Waals surface area contributed by atoms with E-state index in [0.29, 0.717) is 70.1 Å². The SMILES string of the molecule is CCCCOCCCOCCOc1c(C)cc(C(=O)NCCCC2OC(C(=O)O)CCC2NC(=O)CN(N)/C=C(\N)C2CCCCC2)cc1C.CO.NC(=O)C1CCCOC1. The summed E-state index contributed by atoms with van der Waals surface area (Å²) in [5.74, 6) is 5.33. The number of aliphatic hydroxyl groups excluding tert-OH is 1. The molecule has 2 heterocycles. The summed E-state index contributed by atoms with van der Waals surface area (Å²) in [4.78, 5) is 48.1. The number of carbonyl (C=O) groups excluding carboxylic acids is 3. The minimum atomic E-state index is -1.03. The maximum absolute atomic E-state index is 13.0. The molecule has 2 aliphatic heterocycles. The molecule has 1 aliphatic carbocycles. The van der Waals surface area contributed by atoms with E-state index in [0.717, 1.165) is 95.0 Å². The Labute approximate surface area is 362 Å². The molecule has 0 bridgehead atoms. The van der Waals surface area contributed by atoms with E-state index in [-0.39, 0.29) is 48.6 Å². The van der Waals surface area contributed by atoms with Crippen LogP contribution in [0.1, 0.15) is 118 Å². The number of allylic oxidation sites excluding steroid dienone is 1. The van der Waals surface area contributed by atoms with Crippen molar-refractivity contribution in [3.63, 3.8) is 0 Å². The highest BCUT2D eigenvalue weighted by Crippen LogP contribution is 2.28. The van der Waals surface area contributed by atoms with Gasteiger partial charge in [0, 0.05) is 57.5 Å². The van der Waals surface area contributed by atoms with Gasteiger partial charge in [0.15, 0.2) is 6.10 Å². The van der Waals surface area contributed by atoms with Crippen LogP contribution in [0, 0.1) is 25.7 Å². The first-order chi connectivity index (χ1) is 29.4. The Balaban J connectivity index is 0.00000102. The van der Waals surface area contributed by atoms with E-state index in [2.05, 4.69) is 17.6 Å². The fourth-order valence-corrected chi connectivity index (χ4v) is 7.50. The Morgan fingerprint density at radius 3 is 2.13 bits per heavy atom. The van der Waals surface area contributed by atoms with Gasteiger partial charge in [-0.2, -0.15) is 0 Å². The highest BCUT2D eigenvalue weighted by atomic mass is 16.5.